The molecule has 0 aliphatic rings. The van der Waals surface area contributed by atoms with E-state index >= 15 is 0 Å². The number of carboxylic acids is 1. The molecule has 0 rings (SSSR count). The van der Waals surface area contributed by atoms with Crippen LogP contribution >= 0.6 is 0 Å². The topological polar surface area (TPSA) is 77.8 Å². The molecule has 0 fully saturated rings. The number of hydrogen-bond donors (Lipinski definition) is 3. The predicted molar refractivity (Wildman–Crippen MR) is 29.9 cm³/mol. The van der Waals surface area contributed by atoms with E-state index in [4.69, 9.17) is 15.3 Å². The highest BCUT2D eigenvalue weighted by atomic mass is 16.4. The Hall–Kier alpha value is -0.870. The summed E-state index contributed by atoms with van der Waals surface area (Å²) in [5.41, 5.74) is -0.183. The lowest BCUT2D eigenvalue weighted by Crippen LogP contribution is -2.05. The lowest BCUT2D eigenvalue weighted by atomic mass is 10.3. The molecule has 4 heteroatoms. The minimum absolute atomic E-state index is 0.183. The standard InChI is InChI=1S/C5H8O4/c6-2-1-4(3-7)5(8)9/h1,6-7H,2-3H2,(H,8,9)/b4-1+. The van der Waals surface area contributed by atoms with Crippen molar-refractivity contribution < 1.29 is 20.1 Å². The van der Waals surface area contributed by atoms with Crippen LogP contribution in [-0.2, 0) is 4.79 Å². The van der Waals surface area contributed by atoms with Gasteiger partial charge in [0.25, 0.3) is 0 Å². The minimum atomic E-state index is -1.20. The normalized spacial score (nSPS) is 11.6. The van der Waals surface area contributed by atoms with Gasteiger partial charge in [0.1, 0.15) is 0 Å². The highest BCUT2D eigenvalue weighted by molar-refractivity contribution is 5.86. The Morgan fingerprint density at radius 1 is 1.44 bits per heavy atom. The monoisotopic (exact) mass is 132 g/mol. The average Bonchev–Trinajstić information content (AvgIpc) is 1.82. The maximum atomic E-state index is 9.98. The summed E-state index contributed by atoms with van der Waals surface area (Å²) in [6, 6.07) is 0. The second kappa shape index (κ2) is 4.05. The maximum Gasteiger partial charge on any atom is 0.333 e. The number of hydrogen-bond acceptors (Lipinski definition) is 3. The predicted octanol–water partition coefficient (Wildman–Crippen LogP) is -1.02. The van der Waals surface area contributed by atoms with Crippen LogP contribution in [-0.4, -0.2) is 34.5 Å². The molecule has 52 valence electrons. The first-order chi connectivity index (χ1) is 4.22. The summed E-state index contributed by atoms with van der Waals surface area (Å²) >= 11 is 0. The fraction of sp³-hybridized carbons (Fsp3) is 0.400. The van der Waals surface area contributed by atoms with E-state index in [-0.39, 0.29) is 12.2 Å². The zero-order valence-corrected chi connectivity index (χ0v) is 4.74. The molecule has 0 saturated carbocycles. The number of carboxylic acid groups (broad SMARTS) is 1. The van der Waals surface area contributed by atoms with Crippen LogP contribution in [0.4, 0.5) is 0 Å². The molecular weight excluding hydrogens is 124 g/mol. The molecule has 0 aromatic rings. The van der Waals surface area contributed by atoms with Crippen LogP contribution in [0.15, 0.2) is 11.6 Å². The van der Waals surface area contributed by atoms with Gasteiger partial charge in [-0.15, -0.1) is 0 Å². The molecule has 0 saturated heterocycles. The summed E-state index contributed by atoms with van der Waals surface area (Å²) in [6.45, 7) is -0.905. The molecule has 0 heterocycles. The molecule has 0 atom stereocenters. The second-order valence-electron chi connectivity index (χ2n) is 1.38. The summed E-state index contributed by atoms with van der Waals surface area (Å²) < 4.78 is 0. The van der Waals surface area contributed by atoms with E-state index in [0.717, 1.165) is 6.08 Å². The van der Waals surface area contributed by atoms with Crippen LogP contribution in [0.2, 0.25) is 0 Å². The Balaban J connectivity index is 3.98. The third-order valence-corrected chi connectivity index (χ3v) is 0.783. The van der Waals surface area contributed by atoms with E-state index in [1.807, 2.05) is 0 Å². The first-order valence-corrected chi connectivity index (χ1v) is 2.36. The lowest BCUT2D eigenvalue weighted by Gasteiger charge is -1.92. The molecule has 0 unspecified atom stereocenters. The van der Waals surface area contributed by atoms with E-state index in [9.17, 15) is 4.79 Å². The van der Waals surface area contributed by atoms with Crippen LogP contribution in [0.3, 0.4) is 0 Å². The molecular formula is C5H8O4. The fourth-order valence-corrected chi connectivity index (χ4v) is 0.330. The highest BCUT2D eigenvalue weighted by Crippen LogP contribution is 1.90. The van der Waals surface area contributed by atoms with Crippen molar-refractivity contribution in [1.29, 1.82) is 0 Å². The van der Waals surface area contributed by atoms with Gasteiger partial charge in [-0.3, -0.25) is 0 Å². The summed E-state index contributed by atoms with van der Waals surface area (Å²) in [4.78, 5) is 9.98. The van der Waals surface area contributed by atoms with E-state index in [1.54, 1.807) is 0 Å². The molecule has 4 nitrogen and oxygen atoms in total. The number of carbonyl (C=O) groups is 1. The first-order valence-electron chi connectivity index (χ1n) is 2.36. The van der Waals surface area contributed by atoms with Crippen LogP contribution < -0.4 is 0 Å². The number of aliphatic hydroxyl groups excluding tert-OH is 2. The third-order valence-electron chi connectivity index (χ3n) is 0.783. The van der Waals surface area contributed by atoms with Crippen LogP contribution in [0, 0.1) is 0 Å². The van der Waals surface area contributed by atoms with Gasteiger partial charge in [0.15, 0.2) is 0 Å². The Labute approximate surface area is 52.1 Å². The number of aliphatic hydroxyl groups is 2. The number of rotatable bonds is 3. The second-order valence-corrected chi connectivity index (χ2v) is 1.38. The molecule has 0 amide bonds. The van der Waals surface area contributed by atoms with Gasteiger partial charge in [0.2, 0.25) is 0 Å². The molecule has 0 aliphatic carbocycles. The lowest BCUT2D eigenvalue weighted by molar-refractivity contribution is -0.133. The van der Waals surface area contributed by atoms with Crippen molar-refractivity contribution in [3.8, 4) is 0 Å². The molecule has 0 aromatic carbocycles. The average molecular weight is 132 g/mol. The SMILES string of the molecule is O=C(O)/C(=C/CO)CO. The van der Waals surface area contributed by atoms with Crippen molar-refractivity contribution in [3.05, 3.63) is 11.6 Å². The third kappa shape index (κ3) is 2.84. The maximum absolute atomic E-state index is 9.98. The van der Waals surface area contributed by atoms with E-state index in [1.165, 1.54) is 0 Å². The van der Waals surface area contributed by atoms with Gasteiger partial charge in [-0.25, -0.2) is 4.79 Å². The van der Waals surface area contributed by atoms with Crippen LogP contribution in [0.25, 0.3) is 0 Å². The molecule has 9 heavy (non-hydrogen) atoms. The van der Waals surface area contributed by atoms with E-state index < -0.39 is 12.6 Å². The van der Waals surface area contributed by atoms with Gasteiger partial charge in [0.05, 0.1) is 18.8 Å². The quantitative estimate of drug-likeness (QED) is 0.429. The molecule has 0 bridgehead atoms. The van der Waals surface area contributed by atoms with Gasteiger partial charge in [0, 0.05) is 0 Å². The molecule has 3 N–H and O–H groups in total. The first kappa shape index (κ1) is 8.13. The Kier molecular flexibility index (Phi) is 3.66. The van der Waals surface area contributed by atoms with Crippen molar-refractivity contribution in [2.24, 2.45) is 0 Å². The van der Waals surface area contributed by atoms with Crippen molar-refractivity contribution in [2.45, 2.75) is 0 Å². The highest BCUT2D eigenvalue weighted by Gasteiger charge is 2.02. The fourth-order valence-electron chi connectivity index (χ4n) is 0.330. The Morgan fingerprint density at radius 3 is 2.11 bits per heavy atom. The zero-order chi connectivity index (χ0) is 7.28. The summed E-state index contributed by atoms with van der Waals surface area (Å²) in [5, 5.41) is 24.6. The molecule has 0 spiro atoms. The van der Waals surface area contributed by atoms with Gasteiger partial charge in [-0.2, -0.15) is 0 Å². The zero-order valence-electron chi connectivity index (χ0n) is 4.74. The van der Waals surface area contributed by atoms with E-state index in [2.05, 4.69) is 0 Å². The Bertz CT molecular complexity index is 127. The van der Waals surface area contributed by atoms with Crippen molar-refractivity contribution in [1.82, 2.24) is 0 Å². The van der Waals surface area contributed by atoms with Gasteiger partial charge in [-0.1, -0.05) is 0 Å². The Morgan fingerprint density at radius 2 is 2.00 bits per heavy atom. The van der Waals surface area contributed by atoms with Crippen LogP contribution in [0.5, 0.6) is 0 Å². The van der Waals surface area contributed by atoms with Gasteiger partial charge < -0.3 is 15.3 Å². The number of aliphatic carboxylic acids is 1. The van der Waals surface area contributed by atoms with E-state index in [0.29, 0.717) is 0 Å². The summed E-state index contributed by atoms with van der Waals surface area (Å²) in [6.07, 6.45) is 1.04. The summed E-state index contributed by atoms with van der Waals surface area (Å²) in [7, 11) is 0. The van der Waals surface area contributed by atoms with Crippen molar-refractivity contribution in [3.63, 3.8) is 0 Å². The molecule has 0 aliphatic heterocycles. The largest absolute Gasteiger partial charge is 0.478 e. The molecule has 0 radical (unpaired) electrons. The van der Waals surface area contributed by atoms with Gasteiger partial charge in [-0.05, 0) is 6.08 Å². The van der Waals surface area contributed by atoms with Crippen molar-refractivity contribution in [2.75, 3.05) is 13.2 Å². The summed E-state index contributed by atoms with van der Waals surface area (Å²) in [5.74, 6) is -1.20. The van der Waals surface area contributed by atoms with Crippen LogP contribution in [0.1, 0.15) is 0 Å². The van der Waals surface area contributed by atoms with Crippen molar-refractivity contribution >= 4 is 5.97 Å². The minimum Gasteiger partial charge on any atom is -0.478 e. The van der Waals surface area contributed by atoms with Gasteiger partial charge >= 0.3 is 5.97 Å². The smallest absolute Gasteiger partial charge is 0.333 e. The molecule has 0 aromatic heterocycles.